The summed E-state index contributed by atoms with van der Waals surface area (Å²) in [5.41, 5.74) is 0. The number of rotatable bonds is 6. The molecule has 0 radical (unpaired) electrons. The number of hydrogen-bond acceptors (Lipinski definition) is 3. The number of aliphatic hydroxyl groups excluding tert-OH is 1. The molecule has 4 fully saturated rings. The summed E-state index contributed by atoms with van der Waals surface area (Å²) in [6.45, 7) is 1.28. The first-order chi connectivity index (χ1) is 10.2. The number of methoxy groups -OCH3 is 1. The van der Waals surface area contributed by atoms with Crippen LogP contribution in [0.25, 0.3) is 0 Å². The fraction of sp³-hybridized carbons (Fsp3) is 0.938. The van der Waals surface area contributed by atoms with Crippen molar-refractivity contribution in [2.75, 3.05) is 26.8 Å². The average Bonchev–Trinajstić information content (AvgIpc) is 2.44. The number of amides is 2. The van der Waals surface area contributed by atoms with Crippen molar-refractivity contribution in [2.24, 2.45) is 29.6 Å². The summed E-state index contributed by atoms with van der Waals surface area (Å²) in [5, 5.41) is 15.2. The first-order valence-electron chi connectivity index (χ1n) is 8.34. The molecule has 4 saturated carbocycles. The van der Waals surface area contributed by atoms with Crippen LogP contribution >= 0.6 is 0 Å². The highest BCUT2D eigenvalue weighted by molar-refractivity contribution is 5.73. The van der Waals surface area contributed by atoms with E-state index < -0.39 is 6.10 Å². The van der Waals surface area contributed by atoms with E-state index in [0.29, 0.717) is 5.92 Å². The molecule has 4 rings (SSSR count). The molecule has 4 bridgehead atoms. The van der Waals surface area contributed by atoms with Gasteiger partial charge in [-0.15, -0.1) is 0 Å². The molecule has 5 heteroatoms. The molecule has 0 aromatic heterocycles. The molecular formula is C16H28N2O3. The van der Waals surface area contributed by atoms with E-state index in [4.69, 9.17) is 4.74 Å². The second kappa shape index (κ2) is 6.53. The second-order valence-corrected chi connectivity index (χ2v) is 7.29. The number of carbonyl (C=O) groups excluding carboxylic acids is 1. The van der Waals surface area contributed by atoms with E-state index in [9.17, 15) is 9.90 Å². The molecule has 4 aliphatic rings. The fourth-order valence-electron chi connectivity index (χ4n) is 5.11. The first-order valence-corrected chi connectivity index (χ1v) is 8.34. The van der Waals surface area contributed by atoms with Crippen LogP contribution in [0.1, 0.15) is 32.1 Å². The van der Waals surface area contributed by atoms with Crippen molar-refractivity contribution in [3.05, 3.63) is 0 Å². The van der Waals surface area contributed by atoms with Gasteiger partial charge in [0, 0.05) is 20.2 Å². The summed E-state index contributed by atoms with van der Waals surface area (Å²) in [5.74, 6) is 4.29. The lowest BCUT2D eigenvalue weighted by Gasteiger charge is -2.54. The summed E-state index contributed by atoms with van der Waals surface area (Å²) in [7, 11) is 1.54. The summed E-state index contributed by atoms with van der Waals surface area (Å²) in [4.78, 5) is 11.8. The molecule has 21 heavy (non-hydrogen) atoms. The summed E-state index contributed by atoms with van der Waals surface area (Å²) in [6.07, 6.45) is 6.36. The van der Waals surface area contributed by atoms with Crippen molar-refractivity contribution in [3.63, 3.8) is 0 Å². The Balaban J connectivity index is 1.40. The molecule has 120 valence electrons. The normalized spacial score (nSPS) is 38.3. The zero-order chi connectivity index (χ0) is 14.8. The van der Waals surface area contributed by atoms with Gasteiger partial charge in [0.2, 0.25) is 0 Å². The zero-order valence-electron chi connectivity index (χ0n) is 12.9. The highest BCUT2D eigenvalue weighted by atomic mass is 16.5. The number of ether oxygens (including phenoxy) is 1. The van der Waals surface area contributed by atoms with E-state index in [-0.39, 0.29) is 19.2 Å². The molecule has 0 aromatic rings. The van der Waals surface area contributed by atoms with Gasteiger partial charge in [-0.05, 0) is 61.7 Å². The largest absolute Gasteiger partial charge is 0.389 e. The van der Waals surface area contributed by atoms with Crippen molar-refractivity contribution in [1.29, 1.82) is 0 Å². The molecule has 0 aromatic carbocycles. The Bertz CT molecular complexity index is 347. The predicted octanol–water partition coefficient (Wildman–Crippen LogP) is 1.37. The van der Waals surface area contributed by atoms with Crippen LogP contribution in [0, 0.1) is 29.6 Å². The van der Waals surface area contributed by atoms with Gasteiger partial charge in [-0.1, -0.05) is 0 Å². The Morgan fingerprint density at radius 2 is 1.76 bits per heavy atom. The van der Waals surface area contributed by atoms with Crippen molar-refractivity contribution < 1.29 is 14.6 Å². The highest BCUT2D eigenvalue weighted by Gasteiger charge is 2.47. The molecule has 5 nitrogen and oxygen atoms in total. The van der Waals surface area contributed by atoms with Gasteiger partial charge in [0.15, 0.2) is 0 Å². The van der Waals surface area contributed by atoms with E-state index in [1.165, 1.54) is 39.2 Å². The minimum atomic E-state index is -0.637. The maximum absolute atomic E-state index is 11.8. The molecule has 2 amide bonds. The van der Waals surface area contributed by atoms with E-state index in [1.807, 2.05) is 0 Å². The van der Waals surface area contributed by atoms with Gasteiger partial charge in [0.05, 0.1) is 12.7 Å². The molecule has 1 unspecified atom stereocenters. The molecule has 0 aliphatic heterocycles. The summed E-state index contributed by atoms with van der Waals surface area (Å²) < 4.78 is 4.83. The van der Waals surface area contributed by atoms with Crippen LogP contribution in [0.4, 0.5) is 4.79 Å². The van der Waals surface area contributed by atoms with Gasteiger partial charge in [0.1, 0.15) is 0 Å². The molecule has 0 heterocycles. The van der Waals surface area contributed by atoms with Crippen molar-refractivity contribution in [1.82, 2.24) is 10.6 Å². The van der Waals surface area contributed by atoms with Gasteiger partial charge in [0.25, 0.3) is 0 Å². The standard InChI is InChI=1S/C16H28N2O3/c1-21-9-14(19)7-17-16(20)18-8-15-12-3-10-2-11(5-12)6-13(15)4-10/h10-15,19H,2-9H2,1H3,(H2,17,18,20). The maximum Gasteiger partial charge on any atom is 0.314 e. The van der Waals surface area contributed by atoms with Crippen LogP contribution in [-0.2, 0) is 4.74 Å². The Labute approximate surface area is 126 Å². The van der Waals surface area contributed by atoms with Crippen LogP contribution in [0.15, 0.2) is 0 Å². The average molecular weight is 296 g/mol. The third-order valence-electron chi connectivity index (χ3n) is 5.78. The first kappa shape index (κ1) is 15.1. The Morgan fingerprint density at radius 3 is 2.33 bits per heavy atom. The summed E-state index contributed by atoms with van der Waals surface area (Å²) in [6, 6.07) is -0.168. The second-order valence-electron chi connectivity index (χ2n) is 7.29. The Morgan fingerprint density at radius 1 is 1.14 bits per heavy atom. The number of carbonyl (C=O) groups is 1. The van der Waals surface area contributed by atoms with Gasteiger partial charge < -0.3 is 20.5 Å². The van der Waals surface area contributed by atoms with Gasteiger partial charge in [-0.25, -0.2) is 4.79 Å². The van der Waals surface area contributed by atoms with Crippen LogP contribution in [0.3, 0.4) is 0 Å². The minimum absolute atomic E-state index is 0.168. The number of hydrogen-bond donors (Lipinski definition) is 3. The molecule has 0 spiro atoms. The van der Waals surface area contributed by atoms with Crippen LogP contribution in [0.5, 0.6) is 0 Å². The topological polar surface area (TPSA) is 70.6 Å². The highest BCUT2D eigenvalue weighted by Crippen LogP contribution is 2.56. The molecule has 3 N–H and O–H groups in total. The lowest BCUT2D eigenvalue weighted by atomic mass is 9.52. The third-order valence-corrected chi connectivity index (χ3v) is 5.78. The third kappa shape index (κ3) is 3.51. The number of urea groups is 1. The Kier molecular flexibility index (Phi) is 4.69. The monoisotopic (exact) mass is 296 g/mol. The number of nitrogens with one attached hydrogen (secondary N) is 2. The lowest BCUT2D eigenvalue weighted by molar-refractivity contribution is -0.0344. The molecule has 4 aliphatic carbocycles. The SMILES string of the molecule is COCC(O)CNC(=O)NCC1C2CC3CC(C2)CC1C3. The minimum Gasteiger partial charge on any atom is -0.389 e. The van der Waals surface area contributed by atoms with E-state index >= 15 is 0 Å². The van der Waals surface area contributed by atoms with E-state index in [0.717, 1.165) is 30.2 Å². The summed E-state index contributed by atoms with van der Waals surface area (Å²) >= 11 is 0. The van der Waals surface area contributed by atoms with Crippen LogP contribution in [-0.4, -0.2) is 44.0 Å². The van der Waals surface area contributed by atoms with Gasteiger partial charge in [-0.2, -0.15) is 0 Å². The quantitative estimate of drug-likeness (QED) is 0.693. The van der Waals surface area contributed by atoms with Gasteiger partial charge in [-0.3, -0.25) is 0 Å². The van der Waals surface area contributed by atoms with E-state index in [1.54, 1.807) is 0 Å². The van der Waals surface area contributed by atoms with Crippen molar-refractivity contribution >= 4 is 6.03 Å². The maximum atomic E-state index is 11.8. The molecule has 1 atom stereocenters. The lowest BCUT2D eigenvalue weighted by Crippen LogP contribution is -2.50. The van der Waals surface area contributed by atoms with Crippen LogP contribution < -0.4 is 10.6 Å². The smallest absolute Gasteiger partial charge is 0.314 e. The molecule has 0 saturated heterocycles. The fourth-order valence-corrected chi connectivity index (χ4v) is 5.11. The Hall–Kier alpha value is -0.810. The number of aliphatic hydroxyl groups is 1. The zero-order valence-corrected chi connectivity index (χ0v) is 12.9. The van der Waals surface area contributed by atoms with E-state index in [2.05, 4.69) is 10.6 Å². The van der Waals surface area contributed by atoms with Crippen molar-refractivity contribution in [3.8, 4) is 0 Å². The van der Waals surface area contributed by atoms with Crippen molar-refractivity contribution in [2.45, 2.75) is 38.2 Å². The predicted molar refractivity (Wildman–Crippen MR) is 79.8 cm³/mol. The van der Waals surface area contributed by atoms with Crippen LogP contribution in [0.2, 0.25) is 0 Å². The van der Waals surface area contributed by atoms with Gasteiger partial charge >= 0.3 is 6.03 Å². The molecular weight excluding hydrogens is 268 g/mol.